The molecule has 0 radical (unpaired) electrons. The van der Waals surface area contributed by atoms with E-state index < -0.39 is 13.0 Å². The van der Waals surface area contributed by atoms with Gasteiger partial charge >= 0.3 is 6.36 Å². The van der Waals surface area contributed by atoms with Crippen molar-refractivity contribution >= 4 is 17.2 Å². The lowest BCUT2D eigenvalue weighted by Crippen LogP contribution is -2.16. The highest BCUT2D eigenvalue weighted by Crippen LogP contribution is 2.53. The minimum Gasteiger partial charge on any atom is -0.313 e. The molecule has 29 heavy (non-hydrogen) atoms. The molecular formula is C21H25ClF3N3O. The minimum absolute atomic E-state index is 0.0815. The van der Waals surface area contributed by atoms with Crippen molar-refractivity contribution < 1.29 is 17.9 Å². The summed E-state index contributed by atoms with van der Waals surface area (Å²) < 4.78 is 42.1. The Bertz CT molecular complexity index is 844. The molecule has 1 unspecified atom stereocenters. The van der Waals surface area contributed by atoms with E-state index in [-0.39, 0.29) is 10.8 Å². The van der Waals surface area contributed by atoms with Gasteiger partial charge in [-0.3, -0.25) is 4.74 Å². The molecule has 0 aliphatic heterocycles. The topological polar surface area (TPSA) is 39.9 Å². The van der Waals surface area contributed by atoms with Crippen molar-refractivity contribution in [2.45, 2.75) is 43.8 Å². The van der Waals surface area contributed by atoms with Gasteiger partial charge in [0.05, 0.1) is 12.0 Å². The van der Waals surface area contributed by atoms with E-state index in [0.717, 1.165) is 24.2 Å². The van der Waals surface area contributed by atoms with E-state index in [0.29, 0.717) is 11.4 Å². The maximum Gasteiger partial charge on any atom is 0.522 e. The van der Waals surface area contributed by atoms with Gasteiger partial charge in [-0.2, -0.15) is 0 Å². The minimum atomic E-state index is -4.67. The number of allylic oxidation sites excluding steroid dienone is 8. The van der Waals surface area contributed by atoms with E-state index in [1.165, 1.54) is 12.2 Å². The molecule has 1 atom stereocenters. The molecule has 4 nitrogen and oxygen atoms in total. The molecule has 1 aliphatic carbocycles. The highest BCUT2D eigenvalue weighted by atomic mass is 35.5. The number of alkyl halides is 4. The molecule has 1 heterocycles. The first-order valence-corrected chi connectivity index (χ1v) is 9.67. The van der Waals surface area contributed by atoms with Crippen LogP contribution >= 0.6 is 11.6 Å². The van der Waals surface area contributed by atoms with Gasteiger partial charge in [0.2, 0.25) is 0 Å². The maximum atomic E-state index is 12.1. The Hall–Kier alpha value is -2.12. The SMILES string of the molecule is C=C/C=C(\C=C/COC(F)(F)F)c1nnc(C2(C(/C=C\C(C)Cl)=C/C)CC2)n1C. The standard InChI is InChI=1S/C21H25ClF3N3O/c1-5-8-16(9-7-14-29-21(23,24)25)18-26-27-19(28(18)4)20(12-13-20)17(6-2)11-10-15(3)22/h5-11,15H,1,12-14H2,2-4H3/b9-7-,11-10-,16-8+,17-6+. The van der Waals surface area contributed by atoms with Crippen LogP contribution in [0.5, 0.6) is 0 Å². The molecule has 158 valence electrons. The average Bonchev–Trinajstić information content (AvgIpc) is 3.33. The van der Waals surface area contributed by atoms with Crippen LogP contribution in [0.25, 0.3) is 5.57 Å². The van der Waals surface area contributed by atoms with Crippen LogP contribution in [0.2, 0.25) is 0 Å². The Labute approximate surface area is 174 Å². The van der Waals surface area contributed by atoms with E-state index in [4.69, 9.17) is 11.6 Å². The number of hydrogen-bond acceptors (Lipinski definition) is 3. The number of aromatic nitrogens is 3. The summed E-state index contributed by atoms with van der Waals surface area (Å²) in [6, 6.07) is 0. The highest BCUT2D eigenvalue weighted by molar-refractivity contribution is 6.21. The second-order valence-electron chi connectivity index (χ2n) is 6.79. The molecule has 1 aromatic heterocycles. The normalized spacial score (nSPS) is 18.6. The van der Waals surface area contributed by atoms with Gasteiger partial charge in [-0.05, 0) is 32.3 Å². The molecule has 1 saturated carbocycles. The third-order valence-corrected chi connectivity index (χ3v) is 4.80. The van der Waals surface area contributed by atoms with Gasteiger partial charge in [0.15, 0.2) is 5.82 Å². The monoisotopic (exact) mass is 427 g/mol. The summed E-state index contributed by atoms with van der Waals surface area (Å²) in [6.07, 6.45) is 9.24. The number of ether oxygens (including phenoxy) is 1. The van der Waals surface area contributed by atoms with Crippen LogP contribution in [0.4, 0.5) is 13.2 Å². The molecule has 2 rings (SSSR count). The zero-order valence-electron chi connectivity index (χ0n) is 16.7. The lowest BCUT2D eigenvalue weighted by Gasteiger charge is -2.17. The first-order chi connectivity index (χ1) is 13.6. The smallest absolute Gasteiger partial charge is 0.313 e. The van der Waals surface area contributed by atoms with Crippen LogP contribution in [0.1, 0.15) is 38.3 Å². The van der Waals surface area contributed by atoms with E-state index >= 15 is 0 Å². The molecule has 1 fully saturated rings. The fraction of sp³-hybridized carbons (Fsp3) is 0.429. The quantitative estimate of drug-likeness (QED) is 0.378. The van der Waals surface area contributed by atoms with Crippen molar-refractivity contribution in [3.8, 4) is 0 Å². The summed E-state index contributed by atoms with van der Waals surface area (Å²) in [6.45, 7) is 6.95. The summed E-state index contributed by atoms with van der Waals surface area (Å²) in [5, 5.41) is 8.61. The molecule has 0 amide bonds. The fourth-order valence-electron chi connectivity index (χ4n) is 3.18. The van der Waals surface area contributed by atoms with Crippen LogP contribution in [-0.2, 0) is 17.2 Å². The zero-order valence-corrected chi connectivity index (χ0v) is 17.5. The summed E-state index contributed by atoms with van der Waals surface area (Å²) in [5.74, 6) is 1.35. The molecule has 0 bridgehead atoms. The Morgan fingerprint density at radius 3 is 2.55 bits per heavy atom. The van der Waals surface area contributed by atoms with E-state index in [2.05, 4.69) is 21.5 Å². The second kappa shape index (κ2) is 9.59. The summed E-state index contributed by atoms with van der Waals surface area (Å²) >= 11 is 6.04. The van der Waals surface area contributed by atoms with Gasteiger partial charge in [-0.25, -0.2) is 0 Å². The fourth-order valence-corrected chi connectivity index (χ4v) is 3.25. The van der Waals surface area contributed by atoms with Gasteiger partial charge in [-0.15, -0.1) is 35.0 Å². The Morgan fingerprint density at radius 1 is 1.34 bits per heavy atom. The molecule has 8 heteroatoms. The third kappa shape index (κ3) is 5.93. The largest absolute Gasteiger partial charge is 0.522 e. The van der Waals surface area contributed by atoms with Crippen molar-refractivity contribution in [1.29, 1.82) is 0 Å². The predicted molar refractivity (Wildman–Crippen MR) is 109 cm³/mol. The second-order valence-corrected chi connectivity index (χ2v) is 7.47. The molecule has 0 spiro atoms. The van der Waals surface area contributed by atoms with Crippen molar-refractivity contribution in [3.63, 3.8) is 0 Å². The molecular weight excluding hydrogens is 403 g/mol. The molecule has 0 aromatic carbocycles. The van der Waals surface area contributed by atoms with Crippen molar-refractivity contribution in [3.05, 3.63) is 66.3 Å². The van der Waals surface area contributed by atoms with Gasteiger partial charge in [-0.1, -0.05) is 49.1 Å². The summed E-state index contributed by atoms with van der Waals surface area (Å²) in [4.78, 5) is 0. The Morgan fingerprint density at radius 2 is 2.03 bits per heavy atom. The third-order valence-electron chi connectivity index (χ3n) is 4.65. The van der Waals surface area contributed by atoms with Gasteiger partial charge in [0.1, 0.15) is 5.82 Å². The number of hydrogen-bond donors (Lipinski definition) is 0. The van der Waals surface area contributed by atoms with E-state index in [9.17, 15) is 13.2 Å². The van der Waals surface area contributed by atoms with Crippen LogP contribution in [0.15, 0.2) is 54.7 Å². The van der Waals surface area contributed by atoms with Crippen molar-refractivity contribution in [2.75, 3.05) is 6.61 Å². The van der Waals surface area contributed by atoms with Gasteiger partial charge in [0.25, 0.3) is 0 Å². The van der Waals surface area contributed by atoms with Crippen LogP contribution < -0.4 is 0 Å². The molecule has 1 aromatic rings. The predicted octanol–water partition coefficient (Wildman–Crippen LogP) is 5.64. The first-order valence-electron chi connectivity index (χ1n) is 9.24. The van der Waals surface area contributed by atoms with Crippen LogP contribution in [0, 0.1) is 0 Å². The van der Waals surface area contributed by atoms with Gasteiger partial charge in [0, 0.05) is 18.0 Å². The maximum absolute atomic E-state index is 12.1. The van der Waals surface area contributed by atoms with Crippen molar-refractivity contribution in [1.82, 2.24) is 14.8 Å². The summed E-state index contributed by atoms with van der Waals surface area (Å²) in [5.41, 5.74) is 1.49. The van der Waals surface area contributed by atoms with Gasteiger partial charge < -0.3 is 4.57 Å². The van der Waals surface area contributed by atoms with Crippen LogP contribution in [0.3, 0.4) is 0 Å². The van der Waals surface area contributed by atoms with E-state index in [1.807, 2.05) is 43.7 Å². The molecule has 0 N–H and O–H groups in total. The number of rotatable bonds is 9. The zero-order chi connectivity index (χ0) is 21.7. The van der Waals surface area contributed by atoms with E-state index in [1.54, 1.807) is 12.2 Å². The summed E-state index contributed by atoms with van der Waals surface area (Å²) in [7, 11) is 1.85. The number of nitrogens with zero attached hydrogens (tertiary/aromatic N) is 3. The number of halogens is 4. The Kier molecular flexibility index (Phi) is 7.66. The lowest BCUT2D eigenvalue weighted by molar-refractivity contribution is -0.319. The lowest BCUT2D eigenvalue weighted by atomic mass is 9.93. The average molecular weight is 428 g/mol. The Balaban J connectivity index is 2.30. The highest BCUT2D eigenvalue weighted by Gasteiger charge is 2.50. The van der Waals surface area contributed by atoms with Crippen molar-refractivity contribution in [2.24, 2.45) is 7.05 Å². The molecule has 1 aliphatic rings. The molecule has 0 saturated heterocycles. The first kappa shape index (κ1) is 23.2. The van der Waals surface area contributed by atoms with Crippen LogP contribution in [-0.4, -0.2) is 33.1 Å².